The minimum absolute atomic E-state index is 0.0105. The second-order valence-electron chi connectivity index (χ2n) is 6.61. The summed E-state index contributed by atoms with van der Waals surface area (Å²) in [7, 11) is 1.30. The monoisotopic (exact) mass is 361 g/mol. The molecule has 0 unspecified atom stereocenters. The van der Waals surface area contributed by atoms with E-state index in [1.807, 2.05) is 0 Å². The Bertz CT molecular complexity index is 857. The van der Waals surface area contributed by atoms with Crippen LogP contribution < -0.4 is 0 Å². The van der Waals surface area contributed by atoms with Gasteiger partial charge < -0.3 is 19.7 Å². The molecular weight excluding hydrogens is 342 g/mol. The molecule has 8 heteroatoms. The summed E-state index contributed by atoms with van der Waals surface area (Å²) in [5, 5.41) is 31.0. The summed E-state index contributed by atoms with van der Waals surface area (Å²) in [4.78, 5) is 23.4. The lowest BCUT2D eigenvalue weighted by atomic mass is 9.87. The van der Waals surface area contributed by atoms with Crippen molar-refractivity contribution in [3.63, 3.8) is 0 Å². The quantitative estimate of drug-likeness (QED) is 0.480. The molecule has 0 aromatic heterocycles. The van der Waals surface area contributed by atoms with Crippen molar-refractivity contribution in [2.75, 3.05) is 7.11 Å². The van der Waals surface area contributed by atoms with Crippen LogP contribution in [0.4, 0.5) is 0 Å². The largest absolute Gasteiger partial charge is 0.508 e. The summed E-state index contributed by atoms with van der Waals surface area (Å²) in [5.41, 5.74) is -1.49. The molecule has 1 aromatic carbocycles. The molecule has 0 bridgehead atoms. The maximum absolute atomic E-state index is 12.6. The molecule has 8 nitrogen and oxygen atoms in total. The average molecular weight is 361 g/mol. The third-order valence-electron chi connectivity index (χ3n) is 3.63. The molecule has 0 spiro atoms. The summed E-state index contributed by atoms with van der Waals surface area (Å²) in [6.07, 6.45) is 2.38. The minimum Gasteiger partial charge on any atom is -0.508 e. The van der Waals surface area contributed by atoms with E-state index in [-0.39, 0.29) is 34.2 Å². The van der Waals surface area contributed by atoms with Crippen molar-refractivity contribution < 1.29 is 29.4 Å². The number of hydrogen-bond donors (Lipinski definition) is 2. The van der Waals surface area contributed by atoms with Crippen LogP contribution in [-0.2, 0) is 14.3 Å². The van der Waals surface area contributed by atoms with Crippen LogP contribution in [0.2, 0.25) is 0 Å². The number of hydrogen-bond acceptors (Lipinski definition) is 7. The Morgan fingerprint density at radius 1 is 1.27 bits per heavy atom. The van der Waals surface area contributed by atoms with E-state index < -0.39 is 21.8 Å². The van der Waals surface area contributed by atoms with Gasteiger partial charge in [0.25, 0.3) is 0 Å². The van der Waals surface area contributed by atoms with Crippen molar-refractivity contribution in [1.82, 2.24) is 0 Å². The van der Waals surface area contributed by atoms with E-state index in [1.165, 1.54) is 25.3 Å². The number of benzene rings is 1. The Balaban J connectivity index is 2.69. The van der Waals surface area contributed by atoms with Crippen LogP contribution in [0.15, 0.2) is 47.6 Å². The Morgan fingerprint density at radius 3 is 2.42 bits per heavy atom. The number of rotatable bonds is 4. The molecule has 0 saturated carbocycles. The van der Waals surface area contributed by atoms with Gasteiger partial charge in [-0.25, -0.2) is 0 Å². The number of phenolic OH excluding ortho intramolecular Hbond substituents is 2. The predicted molar refractivity (Wildman–Crippen MR) is 92.4 cm³/mol. The van der Waals surface area contributed by atoms with Gasteiger partial charge in [0.15, 0.2) is 5.76 Å². The van der Waals surface area contributed by atoms with E-state index in [2.05, 4.69) is 0 Å². The summed E-state index contributed by atoms with van der Waals surface area (Å²) < 4.78 is 10.5. The molecule has 0 fully saturated rings. The fraction of sp³-hybridized carbons (Fsp3) is 0.278. The smallest absolute Gasteiger partial charge is 0.323 e. The van der Waals surface area contributed by atoms with E-state index in [1.54, 1.807) is 20.8 Å². The standard InChI is InChI=1S/C18H19NO7/c1-18(2,3)17(22)16(19(23)24)12-8-14(26-9-15(12)25-4)11-6-5-10(20)7-13(11)21/h5-9,20-21H,1-4H3/b16-12-. The fourth-order valence-corrected chi connectivity index (χ4v) is 2.29. The molecule has 1 aromatic rings. The summed E-state index contributed by atoms with van der Waals surface area (Å²) >= 11 is 0. The zero-order chi connectivity index (χ0) is 19.6. The van der Waals surface area contributed by atoms with Gasteiger partial charge in [0.1, 0.15) is 29.1 Å². The lowest BCUT2D eigenvalue weighted by molar-refractivity contribution is -0.420. The number of nitrogens with zero attached hydrogens (tertiary/aromatic N) is 1. The van der Waals surface area contributed by atoms with Gasteiger partial charge in [0.05, 0.1) is 17.6 Å². The first-order valence-corrected chi connectivity index (χ1v) is 7.65. The second-order valence-corrected chi connectivity index (χ2v) is 6.61. The third kappa shape index (κ3) is 3.69. The van der Waals surface area contributed by atoms with Crippen LogP contribution in [0, 0.1) is 15.5 Å². The average Bonchev–Trinajstić information content (AvgIpc) is 2.53. The Kier molecular flexibility index (Phi) is 5.06. The minimum atomic E-state index is -0.985. The van der Waals surface area contributed by atoms with Gasteiger partial charge >= 0.3 is 5.70 Å². The van der Waals surface area contributed by atoms with Gasteiger partial charge in [-0.3, -0.25) is 14.9 Å². The van der Waals surface area contributed by atoms with Crippen molar-refractivity contribution in [1.29, 1.82) is 0 Å². The van der Waals surface area contributed by atoms with E-state index in [9.17, 15) is 25.1 Å². The van der Waals surface area contributed by atoms with Crippen molar-refractivity contribution in [3.05, 3.63) is 63.2 Å². The molecule has 138 valence electrons. The molecule has 1 aliphatic heterocycles. The molecule has 0 amide bonds. The number of phenols is 2. The SMILES string of the molecule is COC1=COC(c2ccc(O)cc2O)=C/C1=C(\C(=O)C(C)(C)C)[N+](=O)[O-]. The number of Topliss-reactive ketones (excluding diaryl/α,β-unsaturated/α-hetero) is 1. The number of allylic oxidation sites excluding steroid dienone is 2. The number of carbonyl (C=O) groups excluding carboxylic acids is 1. The van der Waals surface area contributed by atoms with Crippen LogP contribution in [0.25, 0.3) is 5.76 Å². The van der Waals surface area contributed by atoms with Crippen LogP contribution in [-0.4, -0.2) is 28.0 Å². The lowest BCUT2D eigenvalue weighted by Gasteiger charge is -2.20. The Hall–Kier alpha value is -3.29. The van der Waals surface area contributed by atoms with E-state index in [0.717, 1.165) is 12.3 Å². The van der Waals surface area contributed by atoms with Crippen molar-refractivity contribution in [2.24, 2.45) is 5.41 Å². The van der Waals surface area contributed by atoms with Gasteiger partial charge in [-0.15, -0.1) is 0 Å². The molecule has 0 saturated heterocycles. The molecule has 2 rings (SSSR count). The highest BCUT2D eigenvalue weighted by Crippen LogP contribution is 2.36. The van der Waals surface area contributed by atoms with Crippen LogP contribution in [0.3, 0.4) is 0 Å². The first kappa shape index (κ1) is 19.0. The highest BCUT2D eigenvalue weighted by Gasteiger charge is 2.38. The first-order valence-electron chi connectivity index (χ1n) is 7.65. The molecule has 0 radical (unpaired) electrons. The Morgan fingerprint density at radius 2 is 1.92 bits per heavy atom. The van der Waals surface area contributed by atoms with Gasteiger partial charge in [0.2, 0.25) is 5.78 Å². The fourth-order valence-electron chi connectivity index (χ4n) is 2.29. The third-order valence-corrected chi connectivity index (χ3v) is 3.63. The number of aromatic hydroxyl groups is 2. The number of ketones is 1. The van der Waals surface area contributed by atoms with Gasteiger partial charge in [0, 0.05) is 11.5 Å². The zero-order valence-electron chi connectivity index (χ0n) is 14.8. The number of nitro groups is 1. The number of carbonyl (C=O) groups is 1. The Labute approximate surface area is 149 Å². The molecular formula is C18H19NO7. The van der Waals surface area contributed by atoms with E-state index in [0.29, 0.717) is 0 Å². The molecule has 2 N–H and O–H groups in total. The molecule has 1 heterocycles. The topological polar surface area (TPSA) is 119 Å². The van der Waals surface area contributed by atoms with Gasteiger partial charge in [-0.05, 0) is 18.2 Å². The van der Waals surface area contributed by atoms with Gasteiger partial charge in [-0.1, -0.05) is 20.8 Å². The van der Waals surface area contributed by atoms with E-state index in [4.69, 9.17) is 9.47 Å². The molecule has 0 atom stereocenters. The zero-order valence-corrected chi connectivity index (χ0v) is 14.8. The highest BCUT2D eigenvalue weighted by atomic mass is 16.6. The van der Waals surface area contributed by atoms with Gasteiger partial charge in [-0.2, -0.15) is 0 Å². The summed E-state index contributed by atoms with van der Waals surface area (Å²) in [5.74, 6) is -1.03. The molecule has 1 aliphatic rings. The highest BCUT2D eigenvalue weighted by molar-refractivity contribution is 5.99. The van der Waals surface area contributed by atoms with Crippen molar-refractivity contribution in [2.45, 2.75) is 20.8 Å². The second kappa shape index (κ2) is 6.91. The van der Waals surface area contributed by atoms with Crippen LogP contribution in [0.5, 0.6) is 11.5 Å². The lowest BCUT2D eigenvalue weighted by Crippen LogP contribution is -2.27. The predicted octanol–water partition coefficient (Wildman–Crippen LogP) is 3.10. The summed E-state index contributed by atoms with van der Waals surface area (Å²) in [6, 6.07) is 3.82. The van der Waals surface area contributed by atoms with Crippen LogP contribution in [0.1, 0.15) is 26.3 Å². The molecule has 0 aliphatic carbocycles. The van der Waals surface area contributed by atoms with Crippen molar-refractivity contribution in [3.8, 4) is 11.5 Å². The van der Waals surface area contributed by atoms with Crippen molar-refractivity contribution >= 4 is 11.5 Å². The normalized spacial score (nSPS) is 16.2. The van der Waals surface area contributed by atoms with Crippen LogP contribution >= 0.6 is 0 Å². The maximum Gasteiger partial charge on any atom is 0.323 e. The number of methoxy groups -OCH3 is 1. The maximum atomic E-state index is 12.6. The number of ether oxygens (including phenoxy) is 2. The first-order chi connectivity index (χ1) is 12.1. The molecule has 26 heavy (non-hydrogen) atoms. The van der Waals surface area contributed by atoms with E-state index >= 15 is 0 Å². The summed E-state index contributed by atoms with van der Waals surface area (Å²) in [6.45, 7) is 4.72.